The quantitative estimate of drug-likeness (QED) is 0.181. The zero-order valence-corrected chi connectivity index (χ0v) is 28.7. The zero-order chi connectivity index (χ0) is 34.2. The fraction of sp³-hybridized carbons (Fsp3) is 0. The number of benzene rings is 8. The minimum Gasteiger partial charge on any atom is -0.456 e. The predicted octanol–water partition coefficient (Wildman–Crippen LogP) is 14.7. The van der Waals surface area contributed by atoms with Crippen molar-refractivity contribution in [1.82, 2.24) is 0 Å². The highest BCUT2D eigenvalue weighted by Crippen LogP contribution is 2.44. The molecule has 0 saturated carbocycles. The van der Waals surface area contributed by atoms with Crippen molar-refractivity contribution >= 4 is 92.4 Å². The summed E-state index contributed by atoms with van der Waals surface area (Å²) >= 11 is 1.85. The molecular formula is C48H29NO2S. The molecule has 0 radical (unpaired) electrons. The molecule has 3 nitrogen and oxygen atoms in total. The van der Waals surface area contributed by atoms with Crippen molar-refractivity contribution in [1.29, 1.82) is 0 Å². The number of fused-ring (bicyclic) bond motifs is 9. The molecule has 0 atom stereocenters. The Labute approximate surface area is 303 Å². The number of rotatable bonds is 5. The van der Waals surface area contributed by atoms with Gasteiger partial charge >= 0.3 is 0 Å². The van der Waals surface area contributed by atoms with Crippen LogP contribution in [-0.4, -0.2) is 0 Å². The third kappa shape index (κ3) is 4.58. The maximum atomic E-state index is 6.61. The van der Waals surface area contributed by atoms with E-state index in [-0.39, 0.29) is 0 Å². The summed E-state index contributed by atoms with van der Waals surface area (Å²) in [5.74, 6) is 0. The van der Waals surface area contributed by atoms with Crippen molar-refractivity contribution in [3.63, 3.8) is 0 Å². The van der Waals surface area contributed by atoms with Crippen LogP contribution in [0.1, 0.15) is 0 Å². The molecule has 244 valence electrons. The third-order valence-corrected chi connectivity index (χ3v) is 11.4. The molecule has 0 spiro atoms. The summed E-state index contributed by atoms with van der Waals surface area (Å²) in [6, 6.07) is 62.6. The molecule has 0 unspecified atom stereocenters. The molecule has 11 rings (SSSR count). The normalized spacial score (nSPS) is 11.8. The molecule has 0 aliphatic heterocycles. The summed E-state index contributed by atoms with van der Waals surface area (Å²) in [7, 11) is 0. The van der Waals surface area contributed by atoms with Crippen LogP contribution in [0.5, 0.6) is 0 Å². The van der Waals surface area contributed by atoms with Gasteiger partial charge in [0, 0.05) is 53.1 Å². The van der Waals surface area contributed by atoms with Crippen LogP contribution in [0, 0.1) is 0 Å². The number of para-hydroxylation sites is 3. The van der Waals surface area contributed by atoms with Crippen molar-refractivity contribution in [2.45, 2.75) is 0 Å². The topological polar surface area (TPSA) is 29.5 Å². The molecule has 52 heavy (non-hydrogen) atoms. The lowest BCUT2D eigenvalue weighted by molar-refractivity contribution is 0.668. The summed E-state index contributed by atoms with van der Waals surface area (Å²) in [4.78, 5) is 2.32. The van der Waals surface area contributed by atoms with Gasteiger partial charge in [0.15, 0.2) is 5.58 Å². The molecule has 4 heteroatoms. The highest BCUT2D eigenvalue weighted by Gasteiger charge is 2.20. The van der Waals surface area contributed by atoms with Gasteiger partial charge in [-0.05, 0) is 95.1 Å². The van der Waals surface area contributed by atoms with Gasteiger partial charge in [0.2, 0.25) is 0 Å². The summed E-state index contributed by atoms with van der Waals surface area (Å²) in [6.45, 7) is 0. The molecule has 0 aliphatic carbocycles. The Hall–Kier alpha value is -6.62. The molecule has 3 heterocycles. The fourth-order valence-corrected chi connectivity index (χ4v) is 8.86. The zero-order valence-electron chi connectivity index (χ0n) is 27.9. The highest BCUT2D eigenvalue weighted by molar-refractivity contribution is 7.25. The average Bonchev–Trinajstić information content (AvgIpc) is 3.89. The maximum absolute atomic E-state index is 6.61. The Morgan fingerprint density at radius 2 is 0.942 bits per heavy atom. The van der Waals surface area contributed by atoms with Crippen molar-refractivity contribution < 1.29 is 8.83 Å². The largest absolute Gasteiger partial charge is 0.456 e. The van der Waals surface area contributed by atoms with Crippen molar-refractivity contribution in [2.24, 2.45) is 0 Å². The number of furan rings is 2. The van der Waals surface area contributed by atoms with Crippen LogP contribution >= 0.6 is 11.3 Å². The third-order valence-electron chi connectivity index (χ3n) is 10.3. The average molecular weight is 684 g/mol. The van der Waals surface area contributed by atoms with Crippen LogP contribution in [-0.2, 0) is 0 Å². The summed E-state index contributed by atoms with van der Waals surface area (Å²) in [6.07, 6.45) is 0. The first kappa shape index (κ1) is 29.1. The molecule has 3 aromatic heterocycles. The molecule has 0 saturated heterocycles. The Bertz CT molecular complexity index is 3150. The SMILES string of the molecule is c1cc(-c2ccc3oc4ccccc4c3c2)cc(N(c2ccc(-c3ccc4sc5ccccc5c4c3)cc2)c2cccc3c2oc2ccccc23)c1. The number of hydrogen-bond donors (Lipinski definition) is 0. The fourth-order valence-electron chi connectivity index (χ4n) is 7.77. The van der Waals surface area contributed by atoms with Crippen LogP contribution < -0.4 is 4.90 Å². The Morgan fingerprint density at radius 1 is 0.346 bits per heavy atom. The Balaban J connectivity index is 1.06. The van der Waals surface area contributed by atoms with Crippen LogP contribution in [0.2, 0.25) is 0 Å². The van der Waals surface area contributed by atoms with Gasteiger partial charge in [-0.3, -0.25) is 0 Å². The van der Waals surface area contributed by atoms with Crippen LogP contribution in [0.4, 0.5) is 17.1 Å². The van der Waals surface area contributed by atoms with Gasteiger partial charge < -0.3 is 13.7 Å². The second kappa shape index (κ2) is 11.5. The monoisotopic (exact) mass is 683 g/mol. The molecule has 0 aliphatic rings. The minimum absolute atomic E-state index is 0.860. The van der Waals surface area contributed by atoms with Gasteiger partial charge in [0.1, 0.15) is 16.7 Å². The summed E-state index contributed by atoms with van der Waals surface area (Å²) in [5, 5.41) is 7.07. The molecule has 0 bridgehead atoms. The van der Waals surface area contributed by atoms with Crippen LogP contribution in [0.25, 0.3) is 86.3 Å². The number of thiophene rings is 1. The van der Waals surface area contributed by atoms with E-state index in [9.17, 15) is 0 Å². The van der Waals surface area contributed by atoms with Crippen LogP contribution in [0.15, 0.2) is 185 Å². The van der Waals surface area contributed by atoms with Crippen molar-refractivity contribution in [3.8, 4) is 22.3 Å². The van der Waals surface area contributed by atoms with E-state index >= 15 is 0 Å². The Kier molecular flexibility index (Phi) is 6.42. The standard InChI is InChI=1S/C48H29NO2S/c1-5-17-44-36(11-1)39-14-8-15-42(48(39)51-44)49(34-23-19-30(20-24-34)32-22-26-47-41(29-32)38-13-3-6-18-46(38)52-47)35-10-7-9-31(27-35)33-21-25-45-40(28-33)37-12-2-4-16-43(37)50-45/h1-29H. The van der Waals surface area contributed by atoms with E-state index in [1.807, 2.05) is 35.6 Å². The molecule has 0 amide bonds. The van der Waals surface area contributed by atoms with E-state index < -0.39 is 0 Å². The van der Waals surface area contributed by atoms with E-state index in [2.05, 4.69) is 157 Å². The number of nitrogens with zero attached hydrogens (tertiary/aromatic N) is 1. The maximum Gasteiger partial charge on any atom is 0.159 e. The summed E-state index contributed by atoms with van der Waals surface area (Å²) < 4.78 is 15.4. The van der Waals surface area contributed by atoms with E-state index in [0.717, 1.165) is 72.1 Å². The minimum atomic E-state index is 0.860. The Morgan fingerprint density at radius 3 is 1.81 bits per heavy atom. The second-order valence-electron chi connectivity index (χ2n) is 13.3. The van der Waals surface area contributed by atoms with Gasteiger partial charge in [0.25, 0.3) is 0 Å². The van der Waals surface area contributed by atoms with E-state index in [1.54, 1.807) is 0 Å². The highest BCUT2D eigenvalue weighted by atomic mass is 32.1. The first-order valence-corrected chi connectivity index (χ1v) is 18.3. The van der Waals surface area contributed by atoms with E-state index in [4.69, 9.17) is 8.83 Å². The molecule has 8 aromatic carbocycles. The van der Waals surface area contributed by atoms with Gasteiger partial charge in [-0.25, -0.2) is 0 Å². The van der Waals surface area contributed by atoms with Gasteiger partial charge in [-0.2, -0.15) is 0 Å². The lowest BCUT2D eigenvalue weighted by Crippen LogP contribution is -2.10. The van der Waals surface area contributed by atoms with Gasteiger partial charge in [-0.15, -0.1) is 11.3 Å². The lowest BCUT2D eigenvalue weighted by Gasteiger charge is -2.26. The van der Waals surface area contributed by atoms with E-state index in [0.29, 0.717) is 0 Å². The molecular weight excluding hydrogens is 655 g/mol. The second-order valence-corrected chi connectivity index (χ2v) is 14.4. The van der Waals surface area contributed by atoms with Crippen molar-refractivity contribution in [2.75, 3.05) is 4.90 Å². The predicted molar refractivity (Wildman–Crippen MR) is 219 cm³/mol. The molecule has 0 N–H and O–H groups in total. The summed E-state index contributed by atoms with van der Waals surface area (Å²) in [5.41, 5.74) is 11.3. The van der Waals surface area contributed by atoms with Crippen LogP contribution in [0.3, 0.4) is 0 Å². The molecule has 11 aromatic rings. The smallest absolute Gasteiger partial charge is 0.159 e. The van der Waals surface area contributed by atoms with Crippen molar-refractivity contribution in [3.05, 3.63) is 176 Å². The first-order valence-electron chi connectivity index (χ1n) is 17.5. The molecule has 0 fully saturated rings. The van der Waals surface area contributed by atoms with Gasteiger partial charge in [-0.1, -0.05) is 103 Å². The number of anilines is 3. The lowest BCUT2D eigenvalue weighted by atomic mass is 10.0. The van der Waals surface area contributed by atoms with Gasteiger partial charge in [0.05, 0.1) is 5.69 Å². The number of hydrogen-bond acceptors (Lipinski definition) is 4. The van der Waals surface area contributed by atoms with E-state index in [1.165, 1.54) is 31.3 Å². The first-order chi connectivity index (χ1) is 25.7.